The first-order valence-corrected chi connectivity index (χ1v) is 7.51. The number of ether oxygens (including phenoxy) is 1. The van der Waals surface area contributed by atoms with Crippen molar-refractivity contribution in [3.05, 3.63) is 29.8 Å². The van der Waals surface area contributed by atoms with E-state index < -0.39 is 0 Å². The Hall–Kier alpha value is -1.59. The second-order valence-electron chi connectivity index (χ2n) is 5.58. The van der Waals surface area contributed by atoms with E-state index in [0.717, 1.165) is 30.7 Å². The monoisotopic (exact) mass is 291 g/mol. The second kappa shape index (κ2) is 7.43. The molecule has 1 aromatic rings. The third-order valence-electron chi connectivity index (χ3n) is 3.92. The predicted molar refractivity (Wildman–Crippen MR) is 84.5 cm³/mol. The zero-order valence-corrected chi connectivity index (χ0v) is 13.1. The van der Waals surface area contributed by atoms with Crippen molar-refractivity contribution in [1.29, 1.82) is 0 Å². The molecule has 2 N–H and O–H groups in total. The molecule has 2 unspecified atom stereocenters. The number of likely N-dealkylation sites (N-methyl/N-ethyl adjacent to an activating group) is 1. The Kier molecular flexibility index (Phi) is 5.59. The van der Waals surface area contributed by atoms with E-state index in [1.165, 1.54) is 0 Å². The lowest BCUT2D eigenvalue weighted by atomic mass is 10.1. The van der Waals surface area contributed by atoms with Gasteiger partial charge in [0.05, 0.1) is 6.10 Å². The molecule has 1 fully saturated rings. The second-order valence-corrected chi connectivity index (χ2v) is 5.58. The van der Waals surface area contributed by atoms with Gasteiger partial charge in [0.1, 0.15) is 0 Å². The van der Waals surface area contributed by atoms with Gasteiger partial charge in [0.25, 0.3) is 0 Å². The highest BCUT2D eigenvalue weighted by molar-refractivity contribution is 5.89. The summed E-state index contributed by atoms with van der Waals surface area (Å²) in [6.45, 7) is 3.53. The van der Waals surface area contributed by atoms with Gasteiger partial charge < -0.3 is 20.3 Å². The topological polar surface area (TPSA) is 53.6 Å². The molecule has 2 amide bonds. The van der Waals surface area contributed by atoms with Crippen LogP contribution in [0.4, 0.5) is 10.5 Å². The lowest BCUT2D eigenvalue weighted by molar-refractivity contribution is 0.0894. The molecule has 0 bridgehead atoms. The highest BCUT2D eigenvalue weighted by Crippen LogP contribution is 2.18. The van der Waals surface area contributed by atoms with Crippen LogP contribution in [0.25, 0.3) is 0 Å². The molecule has 1 aliphatic rings. The van der Waals surface area contributed by atoms with Crippen LogP contribution in [-0.4, -0.2) is 44.3 Å². The molecule has 0 aliphatic carbocycles. The van der Waals surface area contributed by atoms with E-state index in [9.17, 15) is 4.79 Å². The Morgan fingerprint density at radius 1 is 1.52 bits per heavy atom. The summed E-state index contributed by atoms with van der Waals surface area (Å²) in [4.78, 5) is 13.9. The number of nitrogens with one attached hydrogen (secondary N) is 2. The highest BCUT2D eigenvalue weighted by atomic mass is 16.5. The summed E-state index contributed by atoms with van der Waals surface area (Å²) in [5, 5.41) is 6.13. The van der Waals surface area contributed by atoms with Crippen LogP contribution in [0.2, 0.25) is 0 Å². The molecular formula is C16H25N3O2. The third-order valence-corrected chi connectivity index (χ3v) is 3.92. The normalized spacial score (nSPS) is 19.3. The molecule has 1 aromatic carbocycles. The first kappa shape index (κ1) is 15.8. The molecule has 1 aliphatic heterocycles. The Labute approximate surface area is 126 Å². The zero-order chi connectivity index (χ0) is 15.2. The predicted octanol–water partition coefficient (Wildman–Crippen LogP) is 2.61. The molecule has 0 radical (unpaired) electrons. The van der Waals surface area contributed by atoms with Crippen molar-refractivity contribution in [3.8, 4) is 0 Å². The van der Waals surface area contributed by atoms with Gasteiger partial charge in [-0.2, -0.15) is 0 Å². The average molecular weight is 291 g/mol. The van der Waals surface area contributed by atoms with Gasteiger partial charge in [-0.05, 0) is 44.5 Å². The summed E-state index contributed by atoms with van der Waals surface area (Å²) in [5.74, 6) is 0. The number of anilines is 1. The van der Waals surface area contributed by atoms with E-state index in [1.807, 2.05) is 31.3 Å². The fourth-order valence-electron chi connectivity index (χ4n) is 2.45. The van der Waals surface area contributed by atoms with Crippen LogP contribution in [-0.2, 0) is 4.74 Å². The van der Waals surface area contributed by atoms with Gasteiger partial charge in [0.15, 0.2) is 0 Å². The van der Waals surface area contributed by atoms with Crippen molar-refractivity contribution in [1.82, 2.24) is 10.2 Å². The largest absolute Gasteiger partial charge is 0.376 e. The summed E-state index contributed by atoms with van der Waals surface area (Å²) in [6, 6.07) is 8.07. The molecule has 2 atom stereocenters. The third kappa shape index (κ3) is 4.44. The van der Waals surface area contributed by atoms with Crippen LogP contribution in [0, 0.1) is 0 Å². The minimum absolute atomic E-state index is 0.0974. The molecule has 5 nitrogen and oxygen atoms in total. The van der Waals surface area contributed by atoms with Crippen LogP contribution in [0.1, 0.15) is 31.4 Å². The summed E-state index contributed by atoms with van der Waals surface area (Å²) in [5.41, 5.74) is 1.97. The maximum absolute atomic E-state index is 12.2. The number of hydrogen-bond donors (Lipinski definition) is 2. The zero-order valence-electron chi connectivity index (χ0n) is 13.1. The van der Waals surface area contributed by atoms with Crippen molar-refractivity contribution >= 4 is 11.7 Å². The molecule has 1 saturated heterocycles. The summed E-state index contributed by atoms with van der Waals surface area (Å²) < 4.78 is 5.56. The summed E-state index contributed by atoms with van der Waals surface area (Å²) in [6.07, 6.45) is 2.30. The maximum Gasteiger partial charge on any atom is 0.321 e. The van der Waals surface area contributed by atoms with Crippen molar-refractivity contribution in [3.63, 3.8) is 0 Å². The van der Waals surface area contributed by atoms with Crippen LogP contribution >= 0.6 is 0 Å². The number of rotatable bonds is 5. The standard InChI is InChI=1S/C16H25N3O2/c1-12(17-2)13-6-4-7-14(10-13)18-16(20)19(3)11-15-8-5-9-21-15/h4,6-7,10,12,15,17H,5,8-9,11H2,1-3H3,(H,18,20). The Bertz CT molecular complexity index is 472. The molecule has 0 spiro atoms. The number of nitrogens with zero attached hydrogens (tertiary/aromatic N) is 1. The molecular weight excluding hydrogens is 266 g/mol. The minimum atomic E-state index is -0.0974. The van der Waals surface area contributed by atoms with Gasteiger partial charge in [-0.25, -0.2) is 4.79 Å². The van der Waals surface area contributed by atoms with Crippen molar-refractivity contribution in [2.24, 2.45) is 0 Å². The van der Waals surface area contributed by atoms with Gasteiger partial charge in [0.2, 0.25) is 0 Å². The van der Waals surface area contributed by atoms with Crippen LogP contribution in [0.5, 0.6) is 0 Å². The minimum Gasteiger partial charge on any atom is -0.376 e. The van der Waals surface area contributed by atoms with Crippen LogP contribution in [0.15, 0.2) is 24.3 Å². The number of hydrogen-bond acceptors (Lipinski definition) is 3. The quantitative estimate of drug-likeness (QED) is 0.877. The van der Waals surface area contributed by atoms with E-state index >= 15 is 0 Å². The van der Waals surface area contributed by atoms with E-state index in [1.54, 1.807) is 11.9 Å². The van der Waals surface area contributed by atoms with Gasteiger partial charge in [-0.1, -0.05) is 12.1 Å². The van der Waals surface area contributed by atoms with Gasteiger partial charge in [0, 0.05) is 31.9 Å². The lowest BCUT2D eigenvalue weighted by Gasteiger charge is -2.21. The molecule has 21 heavy (non-hydrogen) atoms. The molecule has 2 rings (SSSR count). The number of amides is 2. The lowest BCUT2D eigenvalue weighted by Crippen LogP contribution is -2.37. The van der Waals surface area contributed by atoms with E-state index in [4.69, 9.17) is 4.74 Å². The highest BCUT2D eigenvalue weighted by Gasteiger charge is 2.20. The SMILES string of the molecule is CNC(C)c1cccc(NC(=O)N(C)CC2CCCO2)c1. The van der Waals surface area contributed by atoms with Gasteiger partial charge in [-0.3, -0.25) is 0 Å². The number of carbonyl (C=O) groups is 1. The molecule has 1 heterocycles. The van der Waals surface area contributed by atoms with Crippen LogP contribution in [0.3, 0.4) is 0 Å². The summed E-state index contributed by atoms with van der Waals surface area (Å²) in [7, 11) is 3.72. The fraction of sp³-hybridized carbons (Fsp3) is 0.562. The molecule has 0 aromatic heterocycles. The summed E-state index contributed by atoms with van der Waals surface area (Å²) >= 11 is 0. The van der Waals surface area contributed by atoms with E-state index in [-0.39, 0.29) is 18.2 Å². The number of urea groups is 1. The van der Waals surface area contributed by atoms with Crippen molar-refractivity contribution < 1.29 is 9.53 Å². The Morgan fingerprint density at radius 2 is 2.33 bits per heavy atom. The molecule has 116 valence electrons. The Morgan fingerprint density at radius 3 is 3.00 bits per heavy atom. The van der Waals surface area contributed by atoms with Gasteiger partial charge in [-0.15, -0.1) is 0 Å². The fourth-order valence-corrected chi connectivity index (χ4v) is 2.45. The number of benzene rings is 1. The molecule has 0 saturated carbocycles. The van der Waals surface area contributed by atoms with E-state index in [0.29, 0.717) is 6.54 Å². The smallest absolute Gasteiger partial charge is 0.321 e. The van der Waals surface area contributed by atoms with Gasteiger partial charge >= 0.3 is 6.03 Å². The first-order chi connectivity index (χ1) is 10.1. The van der Waals surface area contributed by atoms with Crippen LogP contribution < -0.4 is 10.6 Å². The van der Waals surface area contributed by atoms with Crippen molar-refractivity contribution in [2.75, 3.05) is 32.6 Å². The molecule has 5 heteroatoms. The van der Waals surface area contributed by atoms with E-state index in [2.05, 4.69) is 17.6 Å². The number of carbonyl (C=O) groups excluding carboxylic acids is 1. The average Bonchev–Trinajstić information content (AvgIpc) is 2.99. The maximum atomic E-state index is 12.2. The Balaban J connectivity index is 1.92. The first-order valence-electron chi connectivity index (χ1n) is 7.51. The van der Waals surface area contributed by atoms with Crippen molar-refractivity contribution in [2.45, 2.75) is 31.9 Å².